The van der Waals surface area contributed by atoms with Crippen LogP contribution in [0.15, 0.2) is 24.3 Å². The average Bonchev–Trinajstić information content (AvgIpc) is 3.33. The molecule has 3 nitrogen and oxygen atoms in total. The molecule has 0 spiro atoms. The smallest absolute Gasteiger partial charge is 0.223 e. The summed E-state index contributed by atoms with van der Waals surface area (Å²) < 4.78 is 0. The Balaban J connectivity index is 1.77. The summed E-state index contributed by atoms with van der Waals surface area (Å²) in [5, 5.41) is 3.13. The topological polar surface area (TPSA) is 32.3 Å². The molecule has 1 unspecified atom stereocenters. The summed E-state index contributed by atoms with van der Waals surface area (Å²) in [6.07, 6.45) is 7.49. The van der Waals surface area contributed by atoms with Crippen molar-refractivity contribution in [2.24, 2.45) is 0 Å². The van der Waals surface area contributed by atoms with Crippen molar-refractivity contribution in [2.45, 2.75) is 57.0 Å². The van der Waals surface area contributed by atoms with Crippen molar-refractivity contribution in [3.8, 4) is 0 Å². The van der Waals surface area contributed by atoms with E-state index in [4.69, 9.17) is 0 Å². The Hall–Kier alpha value is -1.35. The number of rotatable bonds is 6. The zero-order valence-corrected chi connectivity index (χ0v) is 13.0. The Labute approximate surface area is 127 Å². The summed E-state index contributed by atoms with van der Waals surface area (Å²) in [4.78, 5) is 14.9. The molecule has 1 aromatic carbocycles. The van der Waals surface area contributed by atoms with E-state index in [2.05, 4.69) is 34.5 Å². The Bertz CT molecular complexity index is 496. The van der Waals surface area contributed by atoms with Crippen LogP contribution in [-0.4, -0.2) is 30.4 Å². The summed E-state index contributed by atoms with van der Waals surface area (Å²) in [6.45, 7) is 0.922. The molecule has 3 heteroatoms. The number of aryl methyl sites for hydroxylation is 1. The minimum absolute atomic E-state index is 0.324. The van der Waals surface area contributed by atoms with Gasteiger partial charge in [-0.2, -0.15) is 0 Å². The predicted octanol–water partition coefficient (Wildman–Crippen LogP) is 3.05. The van der Waals surface area contributed by atoms with Crippen LogP contribution in [0, 0.1) is 0 Å². The Kier molecular flexibility index (Phi) is 4.59. The second-order valence-corrected chi connectivity index (χ2v) is 6.35. The summed E-state index contributed by atoms with van der Waals surface area (Å²) in [5.41, 5.74) is 2.85. The summed E-state index contributed by atoms with van der Waals surface area (Å²) in [5.74, 6) is 0.356. The van der Waals surface area contributed by atoms with Crippen LogP contribution in [0.5, 0.6) is 0 Å². The van der Waals surface area contributed by atoms with Gasteiger partial charge in [0.1, 0.15) is 0 Å². The standard InChI is InChI=1S/C18H26N2O/c1-19-13-5-10-18(21)20(15-11-12-15)17-9-4-7-14-6-2-3-8-16(14)17/h2-3,6,8,15,17,19H,4-5,7,9-13H2,1H3. The molecule has 2 aliphatic carbocycles. The minimum Gasteiger partial charge on any atom is -0.333 e. The van der Waals surface area contributed by atoms with Gasteiger partial charge in [0.2, 0.25) is 5.91 Å². The van der Waals surface area contributed by atoms with Crippen LogP contribution in [0.25, 0.3) is 0 Å². The molecule has 1 aromatic rings. The van der Waals surface area contributed by atoms with Crippen molar-refractivity contribution in [3.63, 3.8) is 0 Å². The number of nitrogens with one attached hydrogen (secondary N) is 1. The van der Waals surface area contributed by atoms with Gasteiger partial charge in [-0.15, -0.1) is 0 Å². The highest BCUT2D eigenvalue weighted by molar-refractivity contribution is 5.77. The lowest BCUT2D eigenvalue weighted by atomic mass is 9.86. The zero-order chi connectivity index (χ0) is 14.7. The van der Waals surface area contributed by atoms with E-state index < -0.39 is 0 Å². The van der Waals surface area contributed by atoms with Crippen LogP contribution in [0.2, 0.25) is 0 Å². The maximum absolute atomic E-state index is 12.7. The molecule has 1 fully saturated rings. The first-order chi connectivity index (χ1) is 10.3. The van der Waals surface area contributed by atoms with Crippen LogP contribution >= 0.6 is 0 Å². The summed E-state index contributed by atoms with van der Waals surface area (Å²) in [7, 11) is 1.94. The van der Waals surface area contributed by atoms with Crippen LogP contribution in [0.3, 0.4) is 0 Å². The van der Waals surface area contributed by atoms with Gasteiger partial charge < -0.3 is 10.2 Å². The van der Waals surface area contributed by atoms with E-state index >= 15 is 0 Å². The Morgan fingerprint density at radius 2 is 2.10 bits per heavy atom. The molecule has 1 atom stereocenters. The molecule has 0 heterocycles. The van der Waals surface area contributed by atoms with Gasteiger partial charge in [0, 0.05) is 12.5 Å². The molecule has 1 N–H and O–H groups in total. The van der Waals surface area contributed by atoms with E-state index in [1.165, 1.54) is 36.8 Å². The first kappa shape index (κ1) is 14.6. The lowest BCUT2D eigenvalue weighted by molar-refractivity contribution is -0.134. The molecule has 3 rings (SSSR count). The van der Waals surface area contributed by atoms with Crippen molar-refractivity contribution in [1.29, 1.82) is 0 Å². The molecule has 0 bridgehead atoms. The van der Waals surface area contributed by atoms with Gasteiger partial charge >= 0.3 is 0 Å². The van der Waals surface area contributed by atoms with E-state index in [0.29, 0.717) is 24.4 Å². The van der Waals surface area contributed by atoms with E-state index in [1.54, 1.807) is 0 Å². The highest BCUT2D eigenvalue weighted by Gasteiger charge is 2.38. The number of carbonyl (C=O) groups excluding carboxylic acids is 1. The fourth-order valence-corrected chi connectivity index (χ4v) is 3.55. The quantitative estimate of drug-likeness (QED) is 0.815. The third-order valence-electron chi connectivity index (χ3n) is 4.72. The van der Waals surface area contributed by atoms with E-state index in [1.807, 2.05) is 7.05 Å². The third-order valence-corrected chi connectivity index (χ3v) is 4.72. The van der Waals surface area contributed by atoms with E-state index in [-0.39, 0.29) is 0 Å². The number of hydrogen-bond acceptors (Lipinski definition) is 2. The fraction of sp³-hybridized carbons (Fsp3) is 0.611. The molecular weight excluding hydrogens is 260 g/mol. The molecule has 2 aliphatic rings. The van der Waals surface area contributed by atoms with E-state index in [9.17, 15) is 4.79 Å². The molecule has 0 aromatic heterocycles. The molecule has 1 saturated carbocycles. The normalized spacial score (nSPS) is 20.9. The SMILES string of the molecule is CNCCCC(=O)N(C1CC1)C1CCCc2ccccc21. The number of nitrogens with zero attached hydrogens (tertiary/aromatic N) is 1. The van der Waals surface area contributed by atoms with Gasteiger partial charge in [0.05, 0.1) is 6.04 Å². The van der Waals surface area contributed by atoms with Crippen molar-refractivity contribution in [2.75, 3.05) is 13.6 Å². The van der Waals surface area contributed by atoms with Gasteiger partial charge in [-0.3, -0.25) is 4.79 Å². The van der Waals surface area contributed by atoms with Gasteiger partial charge in [-0.05, 0) is 63.2 Å². The van der Waals surface area contributed by atoms with Crippen LogP contribution < -0.4 is 5.32 Å². The zero-order valence-electron chi connectivity index (χ0n) is 13.0. The van der Waals surface area contributed by atoms with Crippen molar-refractivity contribution in [3.05, 3.63) is 35.4 Å². The Morgan fingerprint density at radius 1 is 1.29 bits per heavy atom. The molecule has 0 radical (unpaired) electrons. The molecule has 114 valence electrons. The molecule has 21 heavy (non-hydrogen) atoms. The monoisotopic (exact) mass is 286 g/mol. The van der Waals surface area contributed by atoms with Gasteiger partial charge in [-0.1, -0.05) is 24.3 Å². The largest absolute Gasteiger partial charge is 0.333 e. The first-order valence-electron chi connectivity index (χ1n) is 8.35. The number of hydrogen-bond donors (Lipinski definition) is 1. The van der Waals surface area contributed by atoms with Crippen molar-refractivity contribution >= 4 is 5.91 Å². The maximum atomic E-state index is 12.7. The van der Waals surface area contributed by atoms with Crippen LogP contribution in [-0.2, 0) is 11.2 Å². The van der Waals surface area contributed by atoms with Gasteiger partial charge in [0.15, 0.2) is 0 Å². The predicted molar refractivity (Wildman–Crippen MR) is 85.1 cm³/mol. The average molecular weight is 286 g/mol. The highest BCUT2D eigenvalue weighted by atomic mass is 16.2. The number of benzene rings is 1. The van der Waals surface area contributed by atoms with Gasteiger partial charge in [0.25, 0.3) is 0 Å². The maximum Gasteiger partial charge on any atom is 0.223 e. The molecular formula is C18H26N2O. The lowest BCUT2D eigenvalue weighted by Gasteiger charge is -2.36. The highest BCUT2D eigenvalue weighted by Crippen LogP contribution is 2.41. The number of fused-ring (bicyclic) bond motifs is 1. The molecule has 0 saturated heterocycles. The number of carbonyl (C=O) groups is 1. The number of amides is 1. The lowest BCUT2D eigenvalue weighted by Crippen LogP contribution is -2.38. The Morgan fingerprint density at radius 3 is 2.86 bits per heavy atom. The molecule has 0 aliphatic heterocycles. The van der Waals surface area contributed by atoms with Crippen LogP contribution in [0.1, 0.15) is 55.7 Å². The summed E-state index contributed by atoms with van der Waals surface area (Å²) >= 11 is 0. The molecule has 1 amide bonds. The fourth-order valence-electron chi connectivity index (χ4n) is 3.55. The van der Waals surface area contributed by atoms with E-state index in [0.717, 1.165) is 19.4 Å². The first-order valence-corrected chi connectivity index (χ1v) is 8.35. The second-order valence-electron chi connectivity index (χ2n) is 6.35. The van der Waals surface area contributed by atoms with Crippen molar-refractivity contribution < 1.29 is 4.79 Å². The summed E-state index contributed by atoms with van der Waals surface area (Å²) in [6, 6.07) is 9.53. The third kappa shape index (κ3) is 3.29. The van der Waals surface area contributed by atoms with Crippen molar-refractivity contribution in [1.82, 2.24) is 10.2 Å². The van der Waals surface area contributed by atoms with Gasteiger partial charge in [-0.25, -0.2) is 0 Å². The minimum atomic E-state index is 0.324. The van der Waals surface area contributed by atoms with Crippen LogP contribution in [0.4, 0.5) is 0 Å². The second kappa shape index (κ2) is 6.61.